The number of ether oxygens (including phenoxy) is 1. The Morgan fingerprint density at radius 1 is 1.20 bits per heavy atom. The maximum absolute atomic E-state index is 14.4. The molecule has 0 bridgehead atoms. The molecule has 0 saturated heterocycles. The van der Waals surface area contributed by atoms with E-state index in [1.54, 1.807) is 19.9 Å². The maximum atomic E-state index is 14.4. The van der Waals surface area contributed by atoms with E-state index in [2.05, 4.69) is 10.3 Å². The van der Waals surface area contributed by atoms with Crippen molar-refractivity contribution < 1.29 is 18.4 Å². The summed E-state index contributed by atoms with van der Waals surface area (Å²) in [6.45, 7) is 3.64. The van der Waals surface area contributed by atoms with Crippen LogP contribution >= 0.6 is 11.6 Å². The molecule has 4 aromatic rings. The van der Waals surface area contributed by atoms with E-state index < -0.39 is 11.8 Å². The third-order valence-electron chi connectivity index (χ3n) is 4.61. The summed E-state index contributed by atoms with van der Waals surface area (Å²) >= 11 is 6.19. The Balaban J connectivity index is 1.89. The highest BCUT2D eigenvalue weighted by molar-refractivity contribution is 6.33. The Hall–Kier alpha value is -3.45. The number of para-hydroxylation sites is 1. The van der Waals surface area contributed by atoms with E-state index in [-0.39, 0.29) is 34.3 Å². The monoisotopic (exact) mass is 425 g/mol. The number of hydrogen-bond donors (Lipinski definition) is 0. The van der Waals surface area contributed by atoms with Gasteiger partial charge >= 0.3 is 5.97 Å². The van der Waals surface area contributed by atoms with Gasteiger partial charge in [-0.2, -0.15) is 5.10 Å². The molecule has 2 aromatic carbocycles. The molecule has 152 valence electrons. The van der Waals surface area contributed by atoms with E-state index >= 15 is 0 Å². The van der Waals surface area contributed by atoms with Crippen molar-refractivity contribution in [3.05, 3.63) is 76.8 Å². The first-order valence-corrected chi connectivity index (χ1v) is 9.62. The van der Waals surface area contributed by atoms with Gasteiger partial charge in [0.05, 0.1) is 34.6 Å². The largest absolute Gasteiger partial charge is 0.461 e. The molecule has 0 radical (unpaired) electrons. The first-order valence-electron chi connectivity index (χ1n) is 9.24. The van der Waals surface area contributed by atoms with E-state index in [1.165, 1.54) is 23.0 Å². The summed E-state index contributed by atoms with van der Waals surface area (Å²) in [6.07, 6.45) is 1.50. The van der Waals surface area contributed by atoms with Crippen molar-refractivity contribution in [3.63, 3.8) is 0 Å². The van der Waals surface area contributed by atoms with E-state index in [0.29, 0.717) is 16.8 Å². The van der Waals surface area contributed by atoms with Crippen LogP contribution in [0.3, 0.4) is 0 Å². The number of aromatic nitrogens is 3. The summed E-state index contributed by atoms with van der Waals surface area (Å²) in [4.78, 5) is 12.8. The van der Waals surface area contributed by atoms with Crippen LogP contribution in [-0.2, 0) is 4.74 Å². The fourth-order valence-corrected chi connectivity index (χ4v) is 3.47. The lowest BCUT2D eigenvalue weighted by Gasteiger charge is -2.08. The van der Waals surface area contributed by atoms with Gasteiger partial charge in [0.2, 0.25) is 0 Å². The standard InChI is InChI=1S/C22H17ClFN3O3/c1-3-29-22(28)20-15(12-25-27(20)14-8-5-4-6-9-14)21-13(2)19(26-30-21)18-16(23)10-7-11-17(18)24/h4-12H,3H2,1-2H3. The average molecular weight is 426 g/mol. The van der Waals surface area contributed by atoms with E-state index in [9.17, 15) is 9.18 Å². The van der Waals surface area contributed by atoms with Crippen LogP contribution in [0.4, 0.5) is 4.39 Å². The van der Waals surface area contributed by atoms with Crippen LogP contribution in [0.2, 0.25) is 5.02 Å². The number of rotatable bonds is 5. The van der Waals surface area contributed by atoms with E-state index in [1.807, 2.05) is 30.3 Å². The number of benzene rings is 2. The molecular weight excluding hydrogens is 409 g/mol. The molecule has 0 spiro atoms. The Morgan fingerprint density at radius 2 is 1.97 bits per heavy atom. The number of carbonyl (C=O) groups is 1. The van der Waals surface area contributed by atoms with Crippen molar-refractivity contribution in [2.45, 2.75) is 13.8 Å². The second kappa shape index (κ2) is 8.12. The van der Waals surface area contributed by atoms with Gasteiger partial charge in [-0.25, -0.2) is 13.9 Å². The van der Waals surface area contributed by atoms with Crippen LogP contribution in [0.25, 0.3) is 28.3 Å². The molecule has 8 heteroatoms. The van der Waals surface area contributed by atoms with Gasteiger partial charge in [0.15, 0.2) is 11.5 Å². The minimum absolute atomic E-state index is 0.139. The van der Waals surface area contributed by atoms with E-state index in [0.717, 1.165) is 0 Å². The minimum atomic E-state index is -0.560. The fraction of sp³-hybridized carbons (Fsp3) is 0.136. The van der Waals surface area contributed by atoms with Gasteiger partial charge in [0.25, 0.3) is 0 Å². The molecule has 0 atom stereocenters. The number of nitrogens with zero attached hydrogens (tertiary/aromatic N) is 3. The van der Waals surface area contributed by atoms with Crippen molar-refractivity contribution in [1.82, 2.24) is 14.9 Å². The third-order valence-corrected chi connectivity index (χ3v) is 4.92. The van der Waals surface area contributed by atoms with Gasteiger partial charge in [-0.3, -0.25) is 0 Å². The van der Waals surface area contributed by atoms with Crippen molar-refractivity contribution in [2.75, 3.05) is 6.61 Å². The average Bonchev–Trinajstić information content (AvgIpc) is 3.33. The highest BCUT2D eigenvalue weighted by Crippen LogP contribution is 2.37. The highest BCUT2D eigenvalue weighted by atomic mass is 35.5. The Morgan fingerprint density at radius 3 is 2.67 bits per heavy atom. The Bertz CT molecular complexity index is 1200. The van der Waals surface area contributed by atoms with Crippen LogP contribution in [0.15, 0.2) is 59.3 Å². The summed E-state index contributed by atoms with van der Waals surface area (Å²) < 4.78 is 26.6. The van der Waals surface area contributed by atoms with Crippen molar-refractivity contribution in [2.24, 2.45) is 0 Å². The zero-order valence-electron chi connectivity index (χ0n) is 16.2. The van der Waals surface area contributed by atoms with Crippen LogP contribution in [0, 0.1) is 12.7 Å². The summed E-state index contributed by atoms with van der Waals surface area (Å²) in [5.74, 6) is -0.791. The van der Waals surface area contributed by atoms with Crippen molar-refractivity contribution >= 4 is 17.6 Å². The summed E-state index contributed by atoms with van der Waals surface area (Å²) in [6, 6.07) is 13.6. The molecule has 0 aliphatic rings. The van der Waals surface area contributed by atoms with Gasteiger partial charge in [-0.1, -0.05) is 41.0 Å². The molecule has 4 rings (SSSR count). The molecule has 30 heavy (non-hydrogen) atoms. The molecular formula is C22H17ClFN3O3. The molecule has 2 heterocycles. The van der Waals surface area contributed by atoms with Crippen LogP contribution < -0.4 is 0 Å². The van der Waals surface area contributed by atoms with Gasteiger partial charge < -0.3 is 9.26 Å². The molecule has 0 aliphatic carbocycles. The van der Waals surface area contributed by atoms with Crippen LogP contribution in [-0.4, -0.2) is 27.5 Å². The molecule has 0 N–H and O–H groups in total. The SMILES string of the molecule is CCOC(=O)c1c(-c2onc(-c3c(F)cccc3Cl)c2C)cnn1-c1ccccc1. The number of hydrogen-bond acceptors (Lipinski definition) is 5. The van der Waals surface area contributed by atoms with Gasteiger partial charge in [0, 0.05) is 5.56 Å². The lowest BCUT2D eigenvalue weighted by molar-refractivity contribution is 0.0516. The fourth-order valence-electron chi connectivity index (χ4n) is 3.22. The lowest BCUT2D eigenvalue weighted by atomic mass is 10.0. The van der Waals surface area contributed by atoms with Crippen molar-refractivity contribution in [1.29, 1.82) is 0 Å². The number of halogens is 2. The lowest BCUT2D eigenvalue weighted by Crippen LogP contribution is -2.13. The normalized spacial score (nSPS) is 10.9. The second-order valence-corrected chi connectivity index (χ2v) is 6.86. The number of carbonyl (C=O) groups excluding carboxylic acids is 1. The summed E-state index contributed by atoms with van der Waals surface area (Å²) in [7, 11) is 0. The third kappa shape index (κ3) is 3.37. The first-order chi connectivity index (χ1) is 14.5. The minimum Gasteiger partial charge on any atom is -0.461 e. The van der Waals surface area contributed by atoms with Crippen LogP contribution in [0.1, 0.15) is 23.0 Å². The van der Waals surface area contributed by atoms with E-state index in [4.69, 9.17) is 20.9 Å². The maximum Gasteiger partial charge on any atom is 0.357 e. The van der Waals surface area contributed by atoms with Gasteiger partial charge in [-0.05, 0) is 38.1 Å². The molecule has 0 fully saturated rings. The molecule has 6 nitrogen and oxygen atoms in total. The highest BCUT2D eigenvalue weighted by Gasteiger charge is 2.28. The predicted octanol–water partition coefficient (Wildman–Crippen LogP) is 5.47. The smallest absolute Gasteiger partial charge is 0.357 e. The quantitative estimate of drug-likeness (QED) is 0.396. The molecule has 0 saturated carbocycles. The zero-order valence-corrected chi connectivity index (χ0v) is 17.0. The zero-order chi connectivity index (χ0) is 21.3. The number of esters is 1. The van der Waals surface area contributed by atoms with Gasteiger partial charge in [0.1, 0.15) is 11.5 Å². The van der Waals surface area contributed by atoms with Gasteiger partial charge in [-0.15, -0.1) is 0 Å². The summed E-state index contributed by atoms with van der Waals surface area (Å²) in [5.41, 5.74) is 2.19. The van der Waals surface area contributed by atoms with Crippen LogP contribution in [0.5, 0.6) is 0 Å². The predicted molar refractivity (Wildman–Crippen MR) is 110 cm³/mol. The Labute approximate surface area is 176 Å². The molecule has 2 aromatic heterocycles. The Kier molecular flexibility index (Phi) is 5.37. The topological polar surface area (TPSA) is 70.2 Å². The van der Waals surface area contributed by atoms with Crippen molar-refractivity contribution in [3.8, 4) is 28.3 Å². The first kappa shape index (κ1) is 19.8. The molecule has 0 amide bonds. The molecule has 0 unspecified atom stereocenters. The second-order valence-electron chi connectivity index (χ2n) is 6.46. The summed E-state index contributed by atoms with van der Waals surface area (Å²) in [5, 5.41) is 8.59. The molecule has 0 aliphatic heterocycles.